The SMILES string of the molecule is C[C@@]1(c2ccc(Cl)cc2)NC(=O)N(C[NH+]2CCN(C(=O)[C@H]3CCCO3)CC2)C1=O. The normalized spacial score (nSPS) is 28.1. The zero-order valence-electron chi connectivity index (χ0n) is 16.4. The quantitative estimate of drug-likeness (QED) is 0.669. The van der Waals surface area contributed by atoms with Gasteiger partial charge in [0.15, 0.2) is 6.67 Å². The molecule has 0 aliphatic carbocycles. The van der Waals surface area contributed by atoms with Crippen LogP contribution in [-0.4, -0.2) is 73.2 Å². The van der Waals surface area contributed by atoms with Crippen molar-refractivity contribution in [3.63, 3.8) is 0 Å². The van der Waals surface area contributed by atoms with E-state index in [1.54, 1.807) is 31.2 Å². The molecule has 3 fully saturated rings. The van der Waals surface area contributed by atoms with Crippen molar-refractivity contribution in [1.29, 1.82) is 0 Å². The van der Waals surface area contributed by atoms with Gasteiger partial charge in [0.25, 0.3) is 11.8 Å². The summed E-state index contributed by atoms with van der Waals surface area (Å²) in [6.07, 6.45) is 1.42. The molecule has 0 unspecified atom stereocenters. The van der Waals surface area contributed by atoms with Gasteiger partial charge in [0.05, 0.1) is 26.2 Å². The minimum atomic E-state index is -1.10. The number of benzene rings is 1. The number of quaternary nitrogens is 1. The molecule has 0 radical (unpaired) electrons. The number of halogens is 1. The highest BCUT2D eigenvalue weighted by Crippen LogP contribution is 2.29. The van der Waals surface area contributed by atoms with Gasteiger partial charge in [-0.2, -0.15) is 0 Å². The van der Waals surface area contributed by atoms with Gasteiger partial charge in [0.2, 0.25) is 0 Å². The lowest BCUT2D eigenvalue weighted by atomic mass is 9.92. The fourth-order valence-corrected chi connectivity index (χ4v) is 4.35. The number of rotatable bonds is 4. The number of hydrogen-bond donors (Lipinski definition) is 2. The van der Waals surface area contributed by atoms with Crippen LogP contribution >= 0.6 is 11.6 Å². The number of amides is 4. The summed E-state index contributed by atoms with van der Waals surface area (Å²) in [6.45, 7) is 5.23. The first-order valence-electron chi connectivity index (χ1n) is 10.0. The average Bonchev–Trinajstić information content (AvgIpc) is 3.32. The summed E-state index contributed by atoms with van der Waals surface area (Å²) in [5.41, 5.74) is -0.400. The first kappa shape index (κ1) is 20.1. The van der Waals surface area contributed by atoms with Crippen LogP contribution in [-0.2, 0) is 19.9 Å². The highest BCUT2D eigenvalue weighted by molar-refractivity contribution is 6.30. The van der Waals surface area contributed by atoms with E-state index in [0.29, 0.717) is 43.4 Å². The van der Waals surface area contributed by atoms with E-state index in [-0.39, 0.29) is 24.6 Å². The Balaban J connectivity index is 1.36. The Kier molecular flexibility index (Phi) is 5.50. The topological polar surface area (TPSA) is 83.4 Å². The van der Waals surface area contributed by atoms with Crippen molar-refractivity contribution in [2.75, 3.05) is 39.5 Å². The van der Waals surface area contributed by atoms with E-state index in [4.69, 9.17) is 16.3 Å². The van der Waals surface area contributed by atoms with Gasteiger partial charge in [-0.3, -0.25) is 9.59 Å². The Morgan fingerprint density at radius 1 is 1.28 bits per heavy atom. The average molecular weight is 422 g/mol. The predicted octanol–water partition coefficient (Wildman–Crippen LogP) is -0.0294. The van der Waals surface area contributed by atoms with Crippen molar-refractivity contribution in [1.82, 2.24) is 15.1 Å². The van der Waals surface area contributed by atoms with E-state index < -0.39 is 11.6 Å². The lowest BCUT2D eigenvalue weighted by Crippen LogP contribution is -3.16. The molecule has 29 heavy (non-hydrogen) atoms. The summed E-state index contributed by atoms with van der Waals surface area (Å²) in [6, 6.07) is 6.54. The minimum absolute atomic E-state index is 0.0619. The van der Waals surface area contributed by atoms with E-state index in [1.165, 1.54) is 4.90 Å². The Labute approximate surface area is 174 Å². The number of carbonyl (C=O) groups excluding carboxylic acids is 3. The number of imide groups is 1. The maximum atomic E-state index is 13.1. The van der Waals surface area contributed by atoms with Gasteiger partial charge in [-0.15, -0.1) is 0 Å². The van der Waals surface area contributed by atoms with Gasteiger partial charge in [-0.05, 0) is 37.5 Å². The molecule has 0 spiro atoms. The number of ether oxygens (including phenoxy) is 1. The lowest BCUT2D eigenvalue weighted by molar-refractivity contribution is -0.911. The van der Waals surface area contributed by atoms with Crippen molar-refractivity contribution in [2.45, 2.75) is 31.4 Å². The van der Waals surface area contributed by atoms with Gasteiger partial charge < -0.3 is 19.9 Å². The molecule has 2 atom stereocenters. The third-order valence-corrected chi connectivity index (χ3v) is 6.32. The molecule has 3 heterocycles. The first-order chi connectivity index (χ1) is 13.9. The molecule has 156 valence electrons. The molecular weight excluding hydrogens is 396 g/mol. The predicted molar refractivity (Wildman–Crippen MR) is 105 cm³/mol. The smallest absolute Gasteiger partial charge is 0.329 e. The van der Waals surface area contributed by atoms with Crippen molar-refractivity contribution in [3.8, 4) is 0 Å². The summed E-state index contributed by atoms with van der Waals surface area (Å²) >= 11 is 5.94. The molecule has 3 aliphatic heterocycles. The van der Waals surface area contributed by atoms with Crippen LogP contribution in [0.3, 0.4) is 0 Å². The second kappa shape index (κ2) is 7.93. The highest BCUT2D eigenvalue weighted by atomic mass is 35.5. The van der Waals surface area contributed by atoms with E-state index >= 15 is 0 Å². The summed E-state index contributed by atoms with van der Waals surface area (Å²) in [5.74, 6) is -0.206. The van der Waals surface area contributed by atoms with Crippen LogP contribution in [0, 0.1) is 0 Å². The van der Waals surface area contributed by atoms with Crippen LogP contribution in [0.1, 0.15) is 25.3 Å². The molecule has 0 bridgehead atoms. The second-order valence-electron chi connectivity index (χ2n) is 8.03. The van der Waals surface area contributed by atoms with Gasteiger partial charge in [-0.25, -0.2) is 9.69 Å². The van der Waals surface area contributed by atoms with Crippen molar-refractivity contribution in [2.24, 2.45) is 0 Å². The number of carbonyl (C=O) groups is 3. The van der Waals surface area contributed by atoms with E-state index in [1.807, 2.05) is 4.90 Å². The summed E-state index contributed by atoms with van der Waals surface area (Å²) in [4.78, 5) is 42.3. The van der Waals surface area contributed by atoms with Crippen LogP contribution in [0.15, 0.2) is 24.3 Å². The molecule has 4 amide bonds. The third-order valence-electron chi connectivity index (χ3n) is 6.07. The molecule has 1 aromatic carbocycles. The maximum Gasteiger partial charge on any atom is 0.329 e. The number of nitrogens with zero attached hydrogens (tertiary/aromatic N) is 2. The molecule has 9 heteroatoms. The zero-order chi connectivity index (χ0) is 20.6. The van der Waals surface area contributed by atoms with Gasteiger partial charge >= 0.3 is 6.03 Å². The Hall–Kier alpha value is -2.16. The monoisotopic (exact) mass is 421 g/mol. The van der Waals surface area contributed by atoms with E-state index in [9.17, 15) is 14.4 Å². The molecule has 3 saturated heterocycles. The van der Waals surface area contributed by atoms with Crippen LogP contribution < -0.4 is 10.2 Å². The second-order valence-corrected chi connectivity index (χ2v) is 8.47. The maximum absolute atomic E-state index is 13.1. The Morgan fingerprint density at radius 3 is 2.59 bits per heavy atom. The molecule has 3 aliphatic rings. The van der Waals surface area contributed by atoms with Crippen LogP contribution in [0.2, 0.25) is 5.02 Å². The van der Waals surface area contributed by atoms with Crippen LogP contribution in [0.25, 0.3) is 0 Å². The molecule has 1 aromatic rings. The third kappa shape index (κ3) is 3.84. The van der Waals surface area contributed by atoms with Crippen molar-refractivity contribution < 1.29 is 24.0 Å². The van der Waals surface area contributed by atoms with Gasteiger partial charge in [0, 0.05) is 11.6 Å². The minimum Gasteiger partial charge on any atom is -0.368 e. The molecule has 2 N–H and O–H groups in total. The van der Waals surface area contributed by atoms with E-state index in [0.717, 1.165) is 17.7 Å². The fourth-order valence-electron chi connectivity index (χ4n) is 4.22. The van der Waals surface area contributed by atoms with Gasteiger partial charge in [-0.1, -0.05) is 23.7 Å². The highest BCUT2D eigenvalue weighted by Gasteiger charge is 2.50. The Morgan fingerprint density at radius 2 is 1.97 bits per heavy atom. The molecule has 8 nitrogen and oxygen atoms in total. The van der Waals surface area contributed by atoms with Gasteiger partial charge in [0.1, 0.15) is 11.6 Å². The Bertz CT molecular complexity index is 803. The van der Waals surface area contributed by atoms with Crippen LogP contribution in [0.4, 0.5) is 4.79 Å². The number of urea groups is 1. The summed E-state index contributed by atoms with van der Waals surface area (Å²) < 4.78 is 5.49. The molecule has 0 aromatic heterocycles. The number of hydrogen-bond acceptors (Lipinski definition) is 4. The molecule has 0 saturated carbocycles. The van der Waals surface area contributed by atoms with Crippen molar-refractivity contribution in [3.05, 3.63) is 34.9 Å². The molecule has 4 rings (SSSR count). The molecular formula is C20H26ClN4O4+. The van der Waals surface area contributed by atoms with Crippen LogP contribution in [0.5, 0.6) is 0 Å². The number of nitrogens with one attached hydrogen (secondary N) is 2. The largest absolute Gasteiger partial charge is 0.368 e. The summed E-state index contributed by atoms with van der Waals surface area (Å²) in [5, 5.41) is 3.39. The first-order valence-corrected chi connectivity index (χ1v) is 10.4. The standard InChI is InChI=1S/C20H25ClN4O4/c1-20(14-4-6-15(21)7-5-14)18(27)25(19(28)22-20)13-23-8-10-24(11-9-23)17(26)16-3-2-12-29-16/h4-7,16H,2-3,8-13H2,1H3,(H,22,28)/p+1/t16-,20+/m1/s1. The van der Waals surface area contributed by atoms with E-state index in [2.05, 4.69) is 5.32 Å². The summed E-state index contributed by atoms with van der Waals surface area (Å²) in [7, 11) is 0. The fraction of sp³-hybridized carbons (Fsp3) is 0.550. The number of piperazine rings is 1. The zero-order valence-corrected chi connectivity index (χ0v) is 17.2. The lowest BCUT2D eigenvalue weighted by Gasteiger charge is -2.34. The van der Waals surface area contributed by atoms with Crippen molar-refractivity contribution >= 4 is 29.4 Å².